The van der Waals surface area contributed by atoms with Crippen LogP contribution in [0.25, 0.3) is 11.3 Å². The summed E-state index contributed by atoms with van der Waals surface area (Å²) in [4.78, 5) is 27.0. The van der Waals surface area contributed by atoms with Gasteiger partial charge in [0.2, 0.25) is 5.95 Å². The number of anilines is 3. The van der Waals surface area contributed by atoms with Crippen LogP contribution in [-0.4, -0.2) is 82.4 Å². The van der Waals surface area contributed by atoms with Gasteiger partial charge in [-0.05, 0) is 49.4 Å². The highest BCUT2D eigenvalue weighted by molar-refractivity contribution is 5.76. The number of nitrogens with zero attached hydrogens (tertiary/aromatic N) is 6. The first-order valence-corrected chi connectivity index (χ1v) is 13.0. The summed E-state index contributed by atoms with van der Waals surface area (Å²) in [7, 11) is 2.13. The van der Waals surface area contributed by atoms with Crippen molar-refractivity contribution in [3.63, 3.8) is 0 Å². The lowest BCUT2D eigenvalue weighted by Gasteiger charge is -2.32. The standard InChI is InChI=1S/C28H34N8O2/c1-19-12-24(26(38)36(16-19)11-10-35-8-6-34(3)7-9-35)33-27-30-5-4-23(32-27)20-13-21(15-29)25-22(14-20)28(2,18-37)17-31-25/h4-5,12-14,16,31,37H,6-11,17-18H2,1-3H3,(H,30,32,33)/t28-/m1/s1. The fourth-order valence-corrected chi connectivity index (χ4v) is 5.13. The van der Waals surface area contributed by atoms with E-state index in [2.05, 4.69) is 43.5 Å². The molecule has 198 valence electrons. The predicted octanol–water partition coefficient (Wildman–Crippen LogP) is 2.15. The van der Waals surface area contributed by atoms with Crippen LogP contribution >= 0.6 is 0 Å². The third-order valence-electron chi connectivity index (χ3n) is 7.59. The maximum absolute atomic E-state index is 13.3. The molecule has 1 aromatic carbocycles. The molecule has 5 rings (SSSR count). The van der Waals surface area contributed by atoms with E-state index in [1.807, 2.05) is 32.2 Å². The van der Waals surface area contributed by atoms with E-state index < -0.39 is 5.41 Å². The number of aliphatic hydroxyl groups excluding tert-OH is 1. The summed E-state index contributed by atoms with van der Waals surface area (Å²) in [6.07, 6.45) is 3.52. The molecular weight excluding hydrogens is 480 g/mol. The Kier molecular flexibility index (Phi) is 7.17. The van der Waals surface area contributed by atoms with Crippen molar-refractivity contribution in [3.05, 3.63) is 63.7 Å². The third-order valence-corrected chi connectivity index (χ3v) is 7.59. The van der Waals surface area contributed by atoms with E-state index in [4.69, 9.17) is 0 Å². The van der Waals surface area contributed by atoms with Crippen LogP contribution in [0, 0.1) is 18.3 Å². The molecule has 10 heteroatoms. The number of benzene rings is 1. The van der Waals surface area contributed by atoms with E-state index in [1.54, 1.807) is 22.9 Å². The van der Waals surface area contributed by atoms with Crippen molar-refractivity contribution >= 4 is 17.3 Å². The number of fused-ring (bicyclic) bond motifs is 1. The molecule has 1 saturated heterocycles. The lowest BCUT2D eigenvalue weighted by atomic mass is 9.83. The summed E-state index contributed by atoms with van der Waals surface area (Å²) in [6.45, 7) is 9.99. The molecule has 1 fully saturated rings. The number of hydrogen-bond donors (Lipinski definition) is 3. The van der Waals surface area contributed by atoms with Gasteiger partial charge in [-0.25, -0.2) is 9.97 Å². The molecule has 0 spiro atoms. The van der Waals surface area contributed by atoms with E-state index in [0.717, 1.165) is 55.1 Å². The van der Waals surface area contributed by atoms with Gasteiger partial charge in [-0.3, -0.25) is 9.69 Å². The first kappa shape index (κ1) is 25.9. The van der Waals surface area contributed by atoms with Crippen LogP contribution in [0.3, 0.4) is 0 Å². The second-order valence-corrected chi connectivity index (χ2v) is 10.6. The molecule has 2 aliphatic rings. The minimum Gasteiger partial charge on any atom is -0.395 e. The Morgan fingerprint density at radius 1 is 1.21 bits per heavy atom. The van der Waals surface area contributed by atoms with Crippen LogP contribution < -0.4 is 16.2 Å². The summed E-state index contributed by atoms with van der Waals surface area (Å²) in [5, 5.41) is 26.1. The van der Waals surface area contributed by atoms with Gasteiger partial charge >= 0.3 is 0 Å². The monoisotopic (exact) mass is 514 g/mol. The number of piperazine rings is 1. The zero-order valence-electron chi connectivity index (χ0n) is 22.2. The van der Waals surface area contributed by atoms with E-state index in [9.17, 15) is 15.2 Å². The Hall–Kier alpha value is -3.78. The molecule has 0 unspecified atom stereocenters. The number of aryl methyl sites for hydroxylation is 1. The second kappa shape index (κ2) is 10.5. The Morgan fingerprint density at radius 3 is 2.74 bits per heavy atom. The van der Waals surface area contributed by atoms with Crippen molar-refractivity contribution in [2.75, 3.05) is 63.6 Å². The summed E-state index contributed by atoms with van der Waals surface area (Å²) in [6, 6.07) is 9.60. The number of aromatic nitrogens is 3. The van der Waals surface area contributed by atoms with Crippen LogP contribution in [0.2, 0.25) is 0 Å². The van der Waals surface area contributed by atoms with Crippen molar-refractivity contribution in [2.45, 2.75) is 25.8 Å². The number of likely N-dealkylation sites (N-methyl/N-ethyl adjacent to an activating group) is 1. The lowest BCUT2D eigenvalue weighted by Crippen LogP contribution is -2.45. The maximum Gasteiger partial charge on any atom is 0.274 e. The van der Waals surface area contributed by atoms with Crippen LogP contribution in [0.15, 0.2) is 41.5 Å². The van der Waals surface area contributed by atoms with E-state index >= 15 is 0 Å². The zero-order chi connectivity index (χ0) is 26.9. The molecule has 0 amide bonds. The highest BCUT2D eigenvalue weighted by atomic mass is 16.3. The van der Waals surface area contributed by atoms with Gasteiger partial charge in [-0.2, -0.15) is 5.26 Å². The normalized spacial score (nSPS) is 19.6. The highest BCUT2D eigenvalue weighted by Crippen LogP contribution is 2.41. The fraction of sp³-hybridized carbons (Fsp3) is 0.429. The predicted molar refractivity (Wildman–Crippen MR) is 148 cm³/mol. The smallest absolute Gasteiger partial charge is 0.274 e. The Morgan fingerprint density at radius 2 is 2.00 bits per heavy atom. The highest BCUT2D eigenvalue weighted by Gasteiger charge is 2.36. The number of nitrogens with one attached hydrogen (secondary N) is 2. The van der Waals surface area contributed by atoms with Gasteiger partial charge in [0, 0.05) is 69.2 Å². The summed E-state index contributed by atoms with van der Waals surface area (Å²) in [5.41, 5.74) is 4.32. The molecule has 0 radical (unpaired) electrons. The minimum absolute atomic E-state index is 0.0354. The van der Waals surface area contributed by atoms with Gasteiger partial charge in [0.15, 0.2) is 0 Å². The number of rotatable bonds is 7. The van der Waals surface area contributed by atoms with Crippen LogP contribution in [-0.2, 0) is 12.0 Å². The van der Waals surface area contributed by atoms with Gasteiger partial charge in [0.25, 0.3) is 5.56 Å². The maximum atomic E-state index is 13.3. The topological polar surface area (TPSA) is 122 Å². The fourth-order valence-electron chi connectivity index (χ4n) is 5.13. The van der Waals surface area contributed by atoms with Gasteiger partial charge in [-0.15, -0.1) is 0 Å². The first-order valence-electron chi connectivity index (χ1n) is 13.0. The molecule has 3 aromatic rings. The SMILES string of the molecule is Cc1cc(Nc2nccc(-c3cc(C#N)c4c(c3)[C@@](C)(CO)CN4)n2)c(=O)n(CCN2CCN(C)CC2)c1. The average molecular weight is 515 g/mol. The number of pyridine rings is 1. The first-order chi connectivity index (χ1) is 18.3. The molecule has 3 N–H and O–H groups in total. The quantitative estimate of drug-likeness (QED) is 0.435. The summed E-state index contributed by atoms with van der Waals surface area (Å²) >= 11 is 0. The largest absolute Gasteiger partial charge is 0.395 e. The molecule has 2 aliphatic heterocycles. The molecule has 0 aliphatic carbocycles. The minimum atomic E-state index is -0.484. The van der Waals surface area contributed by atoms with E-state index in [1.165, 1.54) is 0 Å². The van der Waals surface area contributed by atoms with Crippen molar-refractivity contribution in [2.24, 2.45) is 0 Å². The van der Waals surface area contributed by atoms with Gasteiger partial charge in [0.1, 0.15) is 11.8 Å². The molecule has 38 heavy (non-hydrogen) atoms. The molecule has 0 bridgehead atoms. The van der Waals surface area contributed by atoms with Gasteiger partial charge in [-0.1, -0.05) is 6.92 Å². The van der Waals surface area contributed by atoms with Crippen molar-refractivity contribution in [1.29, 1.82) is 5.26 Å². The van der Waals surface area contributed by atoms with E-state index in [0.29, 0.717) is 36.0 Å². The summed E-state index contributed by atoms with van der Waals surface area (Å²) < 4.78 is 1.75. The summed E-state index contributed by atoms with van der Waals surface area (Å²) in [5.74, 6) is 0.304. The molecule has 10 nitrogen and oxygen atoms in total. The lowest BCUT2D eigenvalue weighted by molar-refractivity contribution is 0.149. The Balaban J connectivity index is 1.39. The average Bonchev–Trinajstić information content (AvgIpc) is 3.27. The van der Waals surface area contributed by atoms with E-state index in [-0.39, 0.29) is 12.2 Å². The van der Waals surface area contributed by atoms with Gasteiger partial charge in [0.05, 0.1) is 23.6 Å². The Labute approximate surface area is 222 Å². The second-order valence-electron chi connectivity index (χ2n) is 10.6. The Bertz CT molecular complexity index is 1440. The zero-order valence-corrected chi connectivity index (χ0v) is 22.2. The van der Waals surface area contributed by atoms with Crippen molar-refractivity contribution in [1.82, 2.24) is 24.3 Å². The number of nitriles is 1. The van der Waals surface area contributed by atoms with Crippen LogP contribution in [0.5, 0.6) is 0 Å². The molecular formula is C28H34N8O2. The van der Waals surface area contributed by atoms with Crippen LogP contribution in [0.1, 0.15) is 23.6 Å². The third kappa shape index (κ3) is 5.13. The van der Waals surface area contributed by atoms with Crippen molar-refractivity contribution < 1.29 is 5.11 Å². The molecule has 0 saturated carbocycles. The van der Waals surface area contributed by atoms with Gasteiger partial charge < -0.3 is 25.2 Å². The molecule has 1 atom stereocenters. The number of hydrogen-bond acceptors (Lipinski definition) is 9. The van der Waals surface area contributed by atoms with Crippen molar-refractivity contribution in [3.8, 4) is 17.3 Å². The van der Waals surface area contributed by atoms with Crippen LogP contribution in [0.4, 0.5) is 17.3 Å². The number of aliphatic hydroxyl groups is 1. The molecule has 2 aromatic heterocycles. The molecule has 4 heterocycles.